The topological polar surface area (TPSA) is 64.6 Å². The fourth-order valence-corrected chi connectivity index (χ4v) is 1.78. The molecule has 1 N–H and O–H groups in total. The van der Waals surface area contributed by atoms with Gasteiger partial charge in [-0.3, -0.25) is 9.59 Å². The van der Waals surface area contributed by atoms with Crippen LogP contribution in [0, 0.1) is 0 Å². The first-order valence-electron chi connectivity index (χ1n) is 5.99. The van der Waals surface area contributed by atoms with Crippen LogP contribution in [0.3, 0.4) is 0 Å². The lowest BCUT2D eigenvalue weighted by Crippen LogP contribution is -2.39. The zero-order chi connectivity index (χ0) is 15.1. The Balaban J connectivity index is 2.51. The highest BCUT2D eigenvalue weighted by Gasteiger charge is 2.17. The summed E-state index contributed by atoms with van der Waals surface area (Å²) in [5, 5.41) is 3.19. The van der Waals surface area contributed by atoms with E-state index in [1.165, 1.54) is 6.07 Å². The molecule has 0 spiro atoms. The Kier molecular flexibility index (Phi) is 6.61. The molecule has 7 heteroatoms. The van der Waals surface area contributed by atoms with Crippen molar-refractivity contribution in [2.24, 2.45) is 0 Å². The van der Waals surface area contributed by atoms with Crippen molar-refractivity contribution in [1.29, 1.82) is 0 Å². The van der Waals surface area contributed by atoms with Gasteiger partial charge in [0.1, 0.15) is 12.3 Å². The molecule has 0 aliphatic heterocycles. The van der Waals surface area contributed by atoms with E-state index in [-0.39, 0.29) is 13.2 Å². The summed E-state index contributed by atoms with van der Waals surface area (Å²) in [6.07, 6.45) is -0.803. The molecule has 5 nitrogen and oxygen atoms in total. The summed E-state index contributed by atoms with van der Waals surface area (Å²) in [6.45, 7) is 3.30. The number of ether oxygens (including phenoxy) is 2. The van der Waals surface area contributed by atoms with Crippen molar-refractivity contribution in [2.45, 2.75) is 20.0 Å². The van der Waals surface area contributed by atoms with Gasteiger partial charge in [0.05, 0.1) is 11.6 Å². The SMILES string of the molecule is CCOC(=O)CNC(=O)[C@H](C)Oc1ccc(Cl)cc1Cl. The molecule has 0 aliphatic rings. The van der Waals surface area contributed by atoms with E-state index in [0.717, 1.165) is 0 Å². The molecule has 0 saturated carbocycles. The van der Waals surface area contributed by atoms with E-state index in [1.54, 1.807) is 26.0 Å². The van der Waals surface area contributed by atoms with Crippen LogP contribution < -0.4 is 10.1 Å². The number of benzene rings is 1. The predicted molar refractivity (Wildman–Crippen MR) is 76.2 cm³/mol. The third kappa shape index (κ3) is 5.27. The number of carbonyl (C=O) groups is 2. The van der Waals surface area contributed by atoms with Crippen LogP contribution in [0.2, 0.25) is 10.0 Å². The number of rotatable bonds is 6. The molecule has 1 aromatic rings. The van der Waals surface area contributed by atoms with Crippen LogP contribution >= 0.6 is 23.2 Å². The Labute approximate surface area is 127 Å². The maximum atomic E-state index is 11.7. The summed E-state index contributed by atoms with van der Waals surface area (Å²) >= 11 is 11.7. The average molecular weight is 320 g/mol. The van der Waals surface area contributed by atoms with Crippen LogP contribution in [-0.2, 0) is 14.3 Å². The molecular formula is C13H15Cl2NO4. The fraction of sp³-hybridized carbons (Fsp3) is 0.385. The second-order valence-electron chi connectivity index (χ2n) is 3.86. The molecule has 0 fully saturated rings. The number of hydrogen-bond acceptors (Lipinski definition) is 4. The molecule has 1 atom stereocenters. The summed E-state index contributed by atoms with van der Waals surface area (Å²) in [5.41, 5.74) is 0. The van der Waals surface area contributed by atoms with Crippen molar-refractivity contribution >= 4 is 35.1 Å². The molecule has 1 amide bonds. The Hall–Kier alpha value is -1.46. The highest BCUT2D eigenvalue weighted by Crippen LogP contribution is 2.28. The van der Waals surface area contributed by atoms with Crippen LogP contribution in [0.5, 0.6) is 5.75 Å². The lowest BCUT2D eigenvalue weighted by atomic mass is 10.3. The standard InChI is InChI=1S/C13H15Cl2NO4/c1-3-19-12(17)7-16-13(18)8(2)20-11-5-4-9(14)6-10(11)15/h4-6,8H,3,7H2,1-2H3,(H,16,18)/t8-/m0/s1. The minimum atomic E-state index is -0.803. The highest BCUT2D eigenvalue weighted by atomic mass is 35.5. The molecule has 110 valence electrons. The predicted octanol–water partition coefficient (Wildman–Crippen LogP) is 2.44. The molecule has 1 aromatic carbocycles. The quantitative estimate of drug-likeness (QED) is 0.818. The highest BCUT2D eigenvalue weighted by molar-refractivity contribution is 6.35. The maximum Gasteiger partial charge on any atom is 0.325 e. The summed E-state index contributed by atoms with van der Waals surface area (Å²) in [7, 11) is 0. The lowest BCUT2D eigenvalue weighted by Gasteiger charge is -2.15. The Morgan fingerprint density at radius 1 is 1.35 bits per heavy atom. The van der Waals surface area contributed by atoms with Gasteiger partial charge >= 0.3 is 5.97 Å². The van der Waals surface area contributed by atoms with Crippen molar-refractivity contribution in [1.82, 2.24) is 5.32 Å². The number of carbonyl (C=O) groups excluding carboxylic acids is 2. The largest absolute Gasteiger partial charge is 0.479 e. The second kappa shape index (κ2) is 7.97. The lowest BCUT2D eigenvalue weighted by molar-refractivity contribution is -0.144. The van der Waals surface area contributed by atoms with Crippen LogP contribution in [0.4, 0.5) is 0 Å². The average Bonchev–Trinajstić information content (AvgIpc) is 2.39. The van der Waals surface area contributed by atoms with E-state index in [4.69, 9.17) is 32.7 Å². The Morgan fingerprint density at radius 3 is 2.65 bits per heavy atom. The van der Waals surface area contributed by atoms with Gasteiger partial charge in [0, 0.05) is 5.02 Å². The minimum absolute atomic E-state index is 0.200. The smallest absolute Gasteiger partial charge is 0.325 e. The molecule has 20 heavy (non-hydrogen) atoms. The van der Waals surface area contributed by atoms with Crippen LogP contribution in [0.25, 0.3) is 0 Å². The molecule has 0 saturated heterocycles. The van der Waals surface area contributed by atoms with E-state index in [1.807, 2.05) is 0 Å². The first-order valence-corrected chi connectivity index (χ1v) is 6.74. The zero-order valence-electron chi connectivity index (χ0n) is 11.1. The van der Waals surface area contributed by atoms with E-state index >= 15 is 0 Å². The van der Waals surface area contributed by atoms with E-state index in [0.29, 0.717) is 15.8 Å². The van der Waals surface area contributed by atoms with Crippen LogP contribution in [0.15, 0.2) is 18.2 Å². The van der Waals surface area contributed by atoms with Gasteiger partial charge in [-0.1, -0.05) is 23.2 Å². The third-order valence-corrected chi connectivity index (χ3v) is 2.81. The van der Waals surface area contributed by atoms with Gasteiger partial charge in [-0.15, -0.1) is 0 Å². The van der Waals surface area contributed by atoms with Gasteiger partial charge in [0.25, 0.3) is 5.91 Å². The van der Waals surface area contributed by atoms with E-state index < -0.39 is 18.0 Å². The number of hydrogen-bond donors (Lipinski definition) is 1. The van der Waals surface area contributed by atoms with Crippen molar-refractivity contribution < 1.29 is 19.1 Å². The number of halogens is 2. The van der Waals surface area contributed by atoms with E-state index in [9.17, 15) is 9.59 Å². The first-order chi connectivity index (χ1) is 9.43. The molecule has 0 bridgehead atoms. The molecule has 0 heterocycles. The molecule has 1 rings (SSSR count). The number of amides is 1. The minimum Gasteiger partial charge on any atom is -0.479 e. The monoisotopic (exact) mass is 319 g/mol. The number of esters is 1. The zero-order valence-corrected chi connectivity index (χ0v) is 12.6. The van der Waals surface area contributed by atoms with Gasteiger partial charge in [0.15, 0.2) is 6.10 Å². The first kappa shape index (κ1) is 16.6. The van der Waals surface area contributed by atoms with Gasteiger partial charge in [-0.25, -0.2) is 0 Å². The van der Waals surface area contributed by atoms with Crippen molar-refractivity contribution in [3.63, 3.8) is 0 Å². The molecule has 0 radical (unpaired) electrons. The van der Waals surface area contributed by atoms with Crippen LogP contribution in [0.1, 0.15) is 13.8 Å². The molecular weight excluding hydrogens is 305 g/mol. The van der Waals surface area contributed by atoms with Crippen molar-refractivity contribution in [3.8, 4) is 5.75 Å². The number of nitrogens with one attached hydrogen (secondary N) is 1. The molecule has 0 aliphatic carbocycles. The van der Waals surface area contributed by atoms with Gasteiger partial charge in [-0.2, -0.15) is 0 Å². The Morgan fingerprint density at radius 2 is 2.05 bits per heavy atom. The Bertz CT molecular complexity index is 493. The fourth-order valence-electron chi connectivity index (χ4n) is 1.33. The van der Waals surface area contributed by atoms with Crippen LogP contribution in [-0.4, -0.2) is 31.1 Å². The molecule has 0 aromatic heterocycles. The maximum absolute atomic E-state index is 11.7. The summed E-state index contributed by atoms with van der Waals surface area (Å²) in [5.74, 6) is -0.600. The normalized spacial score (nSPS) is 11.6. The summed E-state index contributed by atoms with van der Waals surface area (Å²) < 4.78 is 10.1. The van der Waals surface area contributed by atoms with Gasteiger partial charge in [0.2, 0.25) is 0 Å². The second-order valence-corrected chi connectivity index (χ2v) is 4.70. The van der Waals surface area contributed by atoms with Gasteiger partial charge in [-0.05, 0) is 32.0 Å². The van der Waals surface area contributed by atoms with Crippen molar-refractivity contribution in [2.75, 3.05) is 13.2 Å². The van der Waals surface area contributed by atoms with Gasteiger partial charge < -0.3 is 14.8 Å². The third-order valence-electron chi connectivity index (χ3n) is 2.28. The van der Waals surface area contributed by atoms with Crippen molar-refractivity contribution in [3.05, 3.63) is 28.2 Å². The molecule has 0 unspecified atom stereocenters. The summed E-state index contributed by atoms with van der Waals surface area (Å²) in [6, 6.07) is 4.69. The van der Waals surface area contributed by atoms with E-state index in [2.05, 4.69) is 5.32 Å². The summed E-state index contributed by atoms with van der Waals surface area (Å²) in [4.78, 5) is 22.8.